The monoisotopic (exact) mass is 237 g/mol. The highest BCUT2D eigenvalue weighted by Crippen LogP contribution is 2.19. The molecule has 0 fully saturated rings. The molecular formula is C10H12ClN5. The number of nitrogens with two attached hydrogens (primary N) is 1. The molecule has 0 bridgehead atoms. The minimum absolute atomic E-state index is 0.465. The molecule has 0 amide bonds. The third-order valence-corrected chi connectivity index (χ3v) is 2.70. The molecule has 2 rings (SSSR count). The maximum absolute atomic E-state index is 5.95. The van der Waals surface area contributed by atoms with Gasteiger partial charge in [-0.1, -0.05) is 11.6 Å². The van der Waals surface area contributed by atoms with E-state index in [2.05, 4.69) is 15.1 Å². The van der Waals surface area contributed by atoms with E-state index in [1.165, 1.54) is 0 Å². The van der Waals surface area contributed by atoms with Crippen LogP contribution in [0.1, 0.15) is 17.1 Å². The highest BCUT2D eigenvalue weighted by molar-refractivity contribution is 6.31. The van der Waals surface area contributed by atoms with E-state index >= 15 is 0 Å². The molecule has 5 nitrogen and oxygen atoms in total. The lowest BCUT2D eigenvalue weighted by atomic mass is 10.3. The number of nitrogen functional groups attached to an aromatic ring is 1. The number of aryl methyl sites for hydroxylation is 2. The van der Waals surface area contributed by atoms with Crippen molar-refractivity contribution < 1.29 is 0 Å². The van der Waals surface area contributed by atoms with Gasteiger partial charge in [-0.15, -0.1) is 0 Å². The van der Waals surface area contributed by atoms with Crippen LogP contribution in [0.5, 0.6) is 0 Å². The summed E-state index contributed by atoms with van der Waals surface area (Å²) in [5, 5.41) is 4.87. The van der Waals surface area contributed by atoms with E-state index in [1.807, 2.05) is 13.8 Å². The Morgan fingerprint density at radius 2 is 1.94 bits per heavy atom. The Morgan fingerprint density at radius 3 is 2.50 bits per heavy atom. The Labute approximate surface area is 98.3 Å². The zero-order chi connectivity index (χ0) is 11.9. The van der Waals surface area contributed by atoms with Crippen LogP contribution in [0.2, 0.25) is 5.02 Å². The maximum Gasteiger partial charge on any atom is 0.162 e. The Hall–Kier alpha value is -1.62. The molecule has 0 atom stereocenters. The van der Waals surface area contributed by atoms with Crippen molar-refractivity contribution in [1.82, 2.24) is 19.7 Å². The number of hydrogen-bond acceptors (Lipinski definition) is 4. The van der Waals surface area contributed by atoms with Gasteiger partial charge in [-0.05, 0) is 20.8 Å². The number of hydrogen-bond donors (Lipinski definition) is 1. The largest absolute Gasteiger partial charge is 0.383 e. The van der Waals surface area contributed by atoms with Crippen LogP contribution in [0.25, 0.3) is 5.82 Å². The fourth-order valence-corrected chi connectivity index (χ4v) is 1.54. The molecule has 0 spiro atoms. The van der Waals surface area contributed by atoms with Gasteiger partial charge in [0.05, 0.1) is 16.9 Å². The average Bonchev–Trinajstić information content (AvgIpc) is 2.53. The quantitative estimate of drug-likeness (QED) is 0.822. The average molecular weight is 238 g/mol. The number of rotatable bonds is 1. The van der Waals surface area contributed by atoms with Crippen molar-refractivity contribution in [2.24, 2.45) is 0 Å². The molecule has 0 unspecified atom stereocenters. The summed E-state index contributed by atoms with van der Waals surface area (Å²) in [4.78, 5) is 8.39. The molecule has 0 aromatic carbocycles. The summed E-state index contributed by atoms with van der Waals surface area (Å²) in [7, 11) is 0. The highest BCUT2D eigenvalue weighted by Gasteiger charge is 2.11. The molecule has 0 radical (unpaired) electrons. The van der Waals surface area contributed by atoms with Crippen LogP contribution in [0.15, 0.2) is 6.20 Å². The summed E-state index contributed by atoms with van der Waals surface area (Å²) >= 11 is 5.95. The lowest BCUT2D eigenvalue weighted by Gasteiger charge is -2.07. The molecule has 0 aliphatic rings. The first-order valence-electron chi connectivity index (χ1n) is 4.82. The molecule has 0 aliphatic carbocycles. The Bertz CT molecular complexity index is 527. The summed E-state index contributed by atoms with van der Waals surface area (Å²) in [5.74, 6) is 1.74. The zero-order valence-corrected chi connectivity index (χ0v) is 10.1. The summed E-state index contributed by atoms with van der Waals surface area (Å²) in [5.41, 5.74) is 7.33. The van der Waals surface area contributed by atoms with Gasteiger partial charge in [0.1, 0.15) is 11.6 Å². The highest BCUT2D eigenvalue weighted by atomic mass is 35.5. The summed E-state index contributed by atoms with van der Waals surface area (Å²) in [6.07, 6.45) is 1.71. The predicted octanol–water partition coefficient (Wildman–Crippen LogP) is 1.82. The van der Waals surface area contributed by atoms with Crippen LogP contribution < -0.4 is 5.73 Å². The lowest BCUT2D eigenvalue weighted by molar-refractivity contribution is 0.808. The first-order valence-corrected chi connectivity index (χ1v) is 5.19. The van der Waals surface area contributed by atoms with Crippen molar-refractivity contribution >= 4 is 17.4 Å². The van der Waals surface area contributed by atoms with Gasteiger partial charge in [0.25, 0.3) is 0 Å². The second kappa shape index (κ2) is 3.75. The van der Waals surface area contributed by atoms with Crippen molar-refractivity contribution in [3.8, 4) is 5.82 Å². The van der Waals surface area contributed by atoms with E-state index in [1.54, 1.807) is 17.8 Å². The van der Waals surface area contributed by atoms with Gasteiger partial charge >= 0.3 is 0 Å². The topological polar surface area (TPSA) is 69.6 Å². The number of anilines is 1. The van der Waals surface area contributed by atoms with Crippen molar-refractivity contribution in [3.05, 3.63) is 28.3 Å². The van der Waals surface area contributed by atoms with Crippen LogP contribution in [0.4, 0.5) is 5.82 Å². The molecular weight excluding hydrogens is 226 g/mol. The van der Waals surface area contributed by atoms with Gasteiger partial charge in [0.15, 0.2) is 5.82 Å². The molecule has 2 heterocycles. The van der Waals surface area contributed by atoms with Crippen LogP contribution in [-0.2, 0) is 0 Å². The van der Waals surface area contributed by atoms with Gasteiger partial charge in [0.2, 0.25) is 0 Å². The molecule has 6 heteroatoms. The molecule has 0 saturated carbocycles. The van der Waals surface area contributed by atoms with E-state index in [0.717, 1.165) is 11.3 Å². The third kappa shape index (κ3) is 1.74. The number of halogens is 1. The molecule has 16 heavy (non-hydrogen) atoms. The van der Waals surface area contributed by atoms with Crippen molar-refractivity contribution in [1.29, 1.82) is 0 Å². The molecule has 0 saturated heterocycles. The van der Waals surface area contributed by atoms with Crippen molar-refractivity contribution in [2.75, 3.05) is 5.73 Å². The van der Waals surface area contributed by atoms with Crippen LogP contribution in [0.3, 0.4) is 0 Å². The minimum Gasteiger partial charge on any atom is -0.383 e. The maximum atomic E-state index is 5.95. The number of nitrogens with zero attached hydrogens (tertiary/aromatic N) is 4. The molecule has 0 aliphatic heterocycles. The SMILES string of the molecule is Cc1nc(N)c(C)c(-n2cc(Cl)c(C)n2)n1. The van der Waals surface area contributed by atoms with E-state index in [-0.39, 0.29) is 0 Å². The second-order valence-corrected chi connectivity index (χ2v) is 4.02. The summed E-state index contributed by atoms with van der Waals surface area (Å²) < 4.78 is 1.62. The Morgan fingerprint density at radius 1 is 1.25 bits per heavy atom. The summed E-state index contributed by atoms with van der Waals surface area (Å²) in [6, 6.07) is 0. The second-order valence-electron chi connectivity index (χ2n) is 3.61. The summed E-state index contributed by atoms with van der Waals surface area (Å²) in [6.45, 7) is 5.48. The molecule has 2 aromatic rings. The first kappa shape index (κ1) is 10.9. The van der Waals surface area contributed by atoms with Crippen molar-refractivity contribution in [3.63, 3.8) is 0 Å². The fourth-order valence-electron chi connectivity index (χ4n) is 1.41. The van der Waals surface area contributed by atoms with E-state index in [4.69, 9.17) is 17.3 Å². The van der Waals surface area contributed by atoms with Crippen molar-refractivity contribution in [2.45, 2.75) is 20.8 Å². The minimum atomic E-state index is 0.465. The fraction of sp³-hybridized carbons (Fsp3) is 0.300. The van der Waals surface area contributed by atoms with Gasteiger partial charge in [-0.3, -0.25) is 0 Å². The standard InChI is InChI=1S/C10H12ClN5/c1-5-9(12)13-7(3)14-10(5)16-4-8(11)6(2)15-16/h4H,1-3H3,(H2,12,13,14). The first-order chi connectivity index (χ1) is 7.49. The van der Waals surface area contributed by atoms with Gasteiger partial charge < -0.3 is 5.73 Å². The van der Waals surface area contributed by atoms with Crippen LogP contribution >= 0.6 is 11.6 Å². The van der Waals surface area contributed by atoms with E-state index < -0.39 is 0 Å². The van der Waals surface area contributed by atoms with E-state index in [0.29, 0.717) is 22.5 Å². The normalized spacial score (nSPS) is 10.8. The van der Waals surface area contributed by atoms with Crippen LogP contribution in [0, 0.1) is 20.8 Å². The number of aromatic nitrogens is 4. The molecule has 2 aromatic heterocycles. The predicted molar refractivity (Wildman–Crippen MR) is 62.8 cm³/mol. The van der Waals surface area contributed by atoms with Crippen LogP contribution in [-0.4, -0.2) is 19.7 Å². The smallest absolute Gasteiger partial charge is 0.162 e. The van der Waals surface area contributed by atoms with Gasteiger partial charge in [-0.25, -0.2) is 14.6 Å². The van der Waals surface area contributed by atoms with E-state index in [9.17, 15) is 0 Å². The zero-order valence-electron chi connectivity index (χ0n) is 9.32. The van der Waals surface area contributed by atoms with Gasteiger partial charge in [0, 0.05) is 5.56 Å². The Kier molecular flexibility index (Phi) is 2.55. The Balaban J connectivity index is 2.63. The molecule has 84 valence electrons. The lowest BCUT2D eigenvalue weighted by Crippen LogP contribution is -2.08. The van der Waals surface area contributed by atoms with Gasteiger partial charge in [-0.2, -0.15) is 5.10 Å². The third-order valence-electron chi connectivity index (χ3n) is 2.33. The molecule has 2 N–H and O–H groups in total.